The molecule has 3 atom stereocenters. The van der Waals surface area contributed by atoms with Gasteiger partial charge in [-0.05, 0) is 17.2 Å². The molecule has 0 saturated carbocycles. The second-order valence-electron chi connectivity index (χ2n) is 7.11. The lowest BCUT2D eigenvalue weighted by atomic mass is 9.92. The molecule has 7 heteroatoms. The van der Waals surface area contributed by atoms with Crippen molar-refractivity contribution in [2.24, 2.45) is 0 Å². The molecule has 0 N–H and O–H groups in total. The van der Waals surface area contributed by atoms with Gasteiger partial charge >= 0.3 is 5.97 Å². The molecule has 0 aliphatic carbocycles. The molecule has 1 aromatic heterocycles. The van der Waals surface area contributed by atoms with Gasteiger partial charge in [0.15, 0.2) is 0 Å². The quantitative estimate of drug-likeness (QED) is 0.550. The molecule has 0 saturated heterocycles. The van der Waals surface area contributed by atoms with E-state index in [0.717, 1.165) is 21.3 Å². The Morgan fingerprint density at radius 1 is 1.21 bits per heavy atom. The number of aromatic nitrogens is 3. The Balaban J connectivity index is 1.82. The van der Waals surface area contributed by atoms with Crippen molar-refractivity contribution in [1.82, 2.24) is 15.0 Å². The third-order valence-electron chi connectivity index (χ3n) is 5.35. The molecule has 1 aliphatic heterocycles. The van der Waals surface area contributed by atoms with Gasteiger partial charge in [-0.2, -0.15) is 0 Å². The second kappa shape index (κ2) is 8.47. The average Bonchev–Trinajstić information content (AvgIpc) is 3.08. The largest absolute Gasteiger partial charge is 0.469 e. The lowest BCUT2D eigenvalue weighted by molar-refractivity contribution is -0.139. The summed E-state index contributed by atoms with van der Waals surface area (Å²) >= 11 is 3.65. The molecule has 0 radical (unpaired) electrons. The highest BCUT2D eigenvalue weighted by molar-refractivity contribution is 9.10. The number of halogens is 1. The number of ether oxygens (including phenoxy) is 2. The summed E-state index contributed by atoms with van der Waals surface area (Å²) in [5.74, 6) is -0.392. The van der Waals surface area contributed by atoms with Crippen molar-refractivity contribution in [2.45, 2.75) is 31.4 Å². The van der Waals surface area contributed by atoms with Crippen LogP contribution in [0.4, 0.5) is 0 Å². The summed E-state index contributed by atoms with van der Waals surface area (Å²) in [5.41, 5.74) is 3.68. The van der Waals surface area contributed by atoms with Crippen LogP contribution in [0, 0.1) is 0 Å². The fourth-order valence-electron chi connectivity index (χ4n) is 3.90. The number of rotatable bonds is 4. The van der Waals surface area contributed by atoms with E-state index in [1.54, 1.807) is 0 Å². The summed E-state index contributed by atoms with van der Waals surface area (Å²) in [6, 6.07) is 18.0. The SMILES string of the molecule is COC(=O)Cc1nnn2c1[C@@H](C)[C@@H](c1ccccc1Br)OC[C@@H]2c1ccccc1. The maximum atomic E-state index is 12.0. The number of nitrogens with zero attached hydrogens (tertiary/aromatic N) is 3. The van der Waals surface area contributed by atoms with Crippen LogP contribution in [-0.4, -0.2) is 34.7 Å². The number of hydrogen-bond acceptors (Lipinski definition) is 5. The number of carbonyl (C=O) groups excluding carboxylic acids is 1. The monoisotopic (exact) mass is 455 g/mol. The smallest absolute Gasteiger partial charge is 0.311 e. The molecule has 2 aromatic carbocycles. The summed E-state index contributed by atoms with van der Waals surface area (Å²) < 4.78 is 14.2. The van der Waals surface area contributed by atoms with E-state index in [2.05, 4.69) is 51.4 Å². The van der Waals surface area contributed by atoms with Crippen LogP contribution < -0.4 is 0 Å². The maximum Gasteiger partial charge on any atom is 0.311 e. The molecule has 0 spiro atoms. The van der Waals surface area contributed by atoms with Gasteiger partial charge in [0.05, 0.1) is 37.6 Å². The van der Waals surface area contributed by atoms with Crippen molar-refractivity contribution < 1.29 is 14.3 Å². The fraction of sp³-hybridized carbons (Fsp3) is 0.318. The maximum absolute atomic E-state index is 12.0. The van der Waals surface area contributed by atoms with E-state index in [4.69, 9.17) is 9.47 Å². The summed E-state index contributed by atoms with van der Waals surface area (Å²) in [5, 5.41) is 8.78. The Morgan fingerprint density at radius 3 is 2.66 bits per heavy atom. The first-order valence-electron chi connectivity index (χ1n) is 9.52. The molecular formula is C22H22BrN3O3. The zero-order valence-electron chi connectivity index (χ0n) is 16.3. The average molecular weight is 456 g/mol. The van der Waals surface area contributed by atoms with E-state index in [0.29, 0.717) is 12.3 Å². The van der Waals surface area contributed by atoms with Crippen LogP contribution in [0.2, 0.25) is 0 Å². The van der Waals surface area contributed by atoms with Gasteiger partial charge in [-0.1, -0.05) is 76.6 Å². The third kappa shape index (κ3) is 3.84. The molecular weight excluding hydrogens is 434 g/mol. The molecule has 29 heavy (non-hydrogen) atoms. The van der Waals surface area contributed by atoms with Gasteiger partial charge < -0.3 is 9.47 Å². The number of fused-ring (bicyclic) bond motifs is 1. The molecule has 150 valence electrons. The summed E-state index contributed by atoms with van der Waals surface area (Å²) in [4.78, 5) is 12.0. The van der Waals surface area contributed by atoms with Gasteiger partial charge in [0.25, 0.3) is 0 Å². The van der Waals surface area contributed by atoms with Crippen molar-refractivity contribution in [3.05, 3.63) is 81.6 Å². The van der Waals surface area contributed by atoms with Crippen LogP contribution in [0.5, 0.6) is 0 Å². The highest BCUT2D eigenvalue weighted by Gasteiger charge is 2.36. The first-order chi connectivity index (χ1) is 14.1. The first-order valence-corrected chi connectivity index (χ1v) is 10.3. The molecule has 0 amide bonds. The van der Waals surface area contributed by atoms with Gasteiger partial charge in [0.2, 0.25) is 0 Å². The molecule has 0 unspecified atom stereocenters. The fourth-order valence-corrected chi connectivity index (χ4v) is 4.41. The van der Waals surface area contributed by atoms with Crippen LogP contribution in [-0.2, 0) is 20.7 Å². The highest BCUT2D eigenvalue weighted by atomic mass is 79.9. The zero-order chi connectivity index (χ0) is 20.4. The lowest BCUT2D eigenvalue weighted by Gasteiger charge is -2.23. The van der Waals surface area contributed by atoms with Crippen LogP contribution >= 0.6 is 15.9 Å². The summed E-state index contributed by atoms with van der Waals surface area (Å²) in [6.45, 7) is 2.54. The summed E-state index contributed by atoms with van der Waals surface area (Å²) in [6.07, 6.45) is -0.117. The highest BCUT2D eigenvalue weighted by Crippen LogP contribution is 2.42. The van der Waals surface area contributed by atoms with Crippen molar-refractivity contribution in [2.75, 3.05) is 13.7 Å². The van der Waals surface area contributed by atoms with E-state index in [9.17, 15) is 4.79 Å². The van der Waals surface area contributed by atoms with Crippen molar-refractivity contribution in [3.8, 4) is 0 Å². The van der Waals surface area contributed by atoms with Crippen LogP contribution in [0.1, 0.15) is 47.5 Å². The van der Waals surface area contributed by atoms with Crippen molar-refractivity contribution >= 4 is 21.9 Å². The number of methoxy groups -OCH3 is 1. The number of esters is 1. The molecule has 0 fully saturated rings. The summed E-state index contributed by atoms with van der Waals surface area (Å²) in [7, 11) is 1.38. The predicted molar refractivity (Wildman–Crippen MR) is 112 cm³/mol. The Hall–Kier alpha value is -2.51. The predicted octanol–water partition coefficient (Wildman–Crippen LogP) is 4.22. The van der Waals surface area contributed by atoms with Gasteiger partial charge in [0.1, 0.15) is 6.04 Å². The van der Waals surface area contributed by atoms with E-state index < -0.39 is 0 Å². The van der Waals surface area contributed by atoms with Gasteiger partial charge in [-0.15, -0.1) is 5.10 Å². The molecule has 6 nitrogen and oxygen atoms in total. The minimum Gasteiger partial charge on any atom is -0.469 e. The van der Waals surface area contributed by atoms with Crippen LogP contribution in [0.15, 0.2) is 59.1 Å². The molecule has 2 heterocycles. The zero-order valence-corrected chi connectivity index (χ0v) is 17.9. The van der Waals surface area contributed by atoms with Gasteiger partial charge in [-0.25, -0.2) is 4.68 Å². The van der Waals surface area contributed by atoms with Crippen molar-refractivity contribution in [3.63, 3.8) is 0 Å². The minimum absolute atomic E-state index is 0.0583. The lowest BCUT2D eigenvalue weighted by Crippen LogP contribution is -2.18. The first kappa shape index (κ1) is 19.8. The number of hydrogen-bond donors (Lipinski definition) is 0. The molecule has 0 bridgehead atoms. The normalized spacial score (nSPS) is 21.3. The Labute approximate surface area is 178 Å². The van der Waals surface area contributed by atoms with E-state index in [1.807, 2.05) is 41.1 Å². The number of benzene rings is 2. The number of carbonyl (C=O) groups is 1. The third-order valence-corrected chi connectivity index (χ3v) is 6.08. The molecule has 4 rings (SSSR count). The Bertz CT molecular complexity index is 1010. The van der Waals surface area contributed by atoms with Crippen LogP contribution in [0.25, 0.3) is 0 Å². The second-order valence-corrected chi connectivity index (χ2v) is 7.96. The van der Waals surface area contributed by atoms with Crippen molar-refractivity contribution in [1.29, 1.82) is 0 Å². The standard InChI is InChI=1S/C22H22BrN3O3/c1-14-21-18(12-20(27)28-2)24-25-26(21)19(15-8-4-3-5-9-15)13-29-22(14)16-10-6-7-11-17(16)23/h3-11,14,19,22H,12-13H2,1-2H3/t14-,19-,22+/m1/s1. The molecule has 3 aromatic rings. The Kier molecular flexibility index (Phi) is 5.78. The van der Waals surface area contributed by atoms with Gasteiger partial charge in [-0.3, -0.25) is 4.79 Å². The van der Waals surface area contributed by atoms with E-state index in [-0.39, 0.29) is 30.5 Å². The van der Waals surface area contributed by atoms with E-state index >= 15 is 0 Å². The molecule has 1 aliphatic rings. The Morgan fingerprint density at radius 2 is 1.93 bits per heavy atom. The van der Waals surface area contributed by atoms with Crippen LogP contribution in [0.3, 0.4) is 0 Å². The topological polar surface area (TPSA) is 66.2 Å². The van der Waals surface area contributed by atoms with Gasteiger partial charge in [0, 0.05) is 10.4 Å². The minimum atomic E-state index is -0.334. The van der Waals surface area contributed by atoms with E-state index in [1.165, 1.54) is 7.11 Å².